The lowest BCUT2D eigenvalue weighted by Crippen LogP contribution is -2.14. The number of aromatic hydroxyl groups is 1. The molecule has 0 spiro atoms. The molecule has 9 nitrogen and oxygen atoms in total. The van der Waals surface area contributed by atoms with Crippen LogP contribution in [0.3, 0.4) is 0 Å². The molecule has 0 aliphatic carbocycles. The molecule has 0 fully saturated rings. The van der Waals surface area contributed by atoms with E-state index in [1.807, 2.05) is 0 Å². The quantitative estimate of drug-likeness (QED) is 0.351. The van der Waals surface area contributed by atoms with Crippen LogP contribution in [0, 0.1) is 10.1 Å². The van der Waals surface area contributed by atoms with E-state index in [0.29, 0.717) is 13.0 Å². The molecule has 2 rings (SSSR count). The van der Waals surface area contributed by atoms with Gasteiger partial charge in [0.15, 0.2) is 0 Å². The Morgan fingerprint density at radius 2 is 2.05 bits per heavy atom. The number of benzene rings is 1. The number of nitrogen functional groups attached to an aromatic ring is 1. The van der Waals surface area contributed by atoms with Crippen LogP contribution in [0.5, 0.6) is 5.75 Å². The zero-order valence-electron chi connectivity index (χ0n) is 11.0. The number of aromatic nitrogens is 2. The van der Waals surface area contributed by atoms with Crippen molar-refractivity contribution in [3.63, 3.8) is 0 Å². The molecule has 110 valence electrons. The second-order valence-electron chi connectivity index (χ2n) is 4.17. The Morgan fingerprint density at radius 1 is 1.33 bits per heavy atom. The van der Waals surface area contributed by atoms with Crippen molar-refractivity contribution in [3.05, 3.63) is 46.1 Å². The predicted octanol–water partition coefficient (Wildman–Crippen LogP) is 1.03. The first-order valence-electron chi connectivity index (χ1n) is 6.10. The number of rotatable bonds is 6. The van der Waals surface area contributed by atoms with Gasteiger partial charge in [-0.3, -0.25) is 15.5 Å². The second-order valence-corrected chi connectivity index (χ2v) is 4.17. The highest BCUT2D eigenvalue weighted by Crippen LogP contribution is 2.21. The SMILES string of the molecule is NNc1ncc([N+](=O)[O-])c(NCCc2ccc(O)cc2)n1. The summed E-state index contributed by atoms with van der Waals surface area (Å²) in [6.07, 6.45) is 1.71. The number of nitrogens with two attached hydrogens (primary N) is 1. The van der Waals surface area contributed by atoms with Gasteiger partial charge in [0.05, 0.1) is 4.92 Å². The lowest BCUT2D eigenvalue weighted by molar-refractivity contribution is -0.384. The molecule has 5 N–H and O–H groups in total. The Hall–Kier alpha value is -2.94. The van der Waals surface area contributed by atoms with E-state index in [2.05, 4.69) is 20.7 Å². The van der Waals surface area contributed by atoms with Gasteiger partial charge in [-0.15, -0.1) is 0 Å². The molecule has 1 aromatic heterocycles. The molecule has 2 aromatic rings. The molecule has 0 unspecified atom stereocenters. The highest BCUT2D eigenvalue weighted by molar-refractivity contribution is 5.56. The van der Waals surface area contributed by atoms with Gasteiger partial charge >= 0.3 is 5.69 Å². The van der Waals surface area contributed by atoms with Crippen LogP contribution in [0.1, 0.15) is 5.56 Å². The van der Waals surface area contributed by atoms with Crippen LogP contribution in [0.15, 0.2) is 30.5 Å². The van der Waals surface area contributed by atoms with Crippen LogP contribution in [0.4, 0.5) is 17.5 Å². The number of hydrazine groups is 1. The normalized spacial score (nSPS) is 10.1. The lowest BCUT2D eigenvalue weighted by Gasteiger charge is -2.07. The van der Waals surface area contributed by atoms with E-state index < -0.39 is 4.92 Å². The Balaban J connectivity index is 2.04. The third-order valence-corrected chi connectivity index (χ3v) is 2.74. The van der Waals surface area contributed by atoms with Crippen LogP contribution in [-0.4, -0.2) is 26.5 Å². The fourth-order valence-corrected chi connectivity index (χ4v) is 1.70. The number of anilines is 2. The average Bonchev–Trinajstić information content (AvgIpc) is 2.49. The van der Waals surface area contributed by atoms with Crippen molar-refractivity contribution >= 4 is 17.5 Å². The van der Waals surface area contributed by atoms with Gasteiger partial charge in [-0.2, -0.15) is 4.98 Å². The van der Waals surface area contributed by atoms with Gasteiger partial charge in [-0.05, 0) is 24.1 Å². The zero-order valence-corrected chi connectivity index (χ0v) is 11.0. The van der Waals surface area contributed by atoms with Crippen molar-refractivity contribution in [2.45, 2.75) is 6.42 Å². The minimum absolute atomic E-state index is 0.0905. The van der Waals surface area contributed by atoms with E-state index in [-0.39, 0.29) is 23.2 Å². The molecule has 0 saturated heterocycles. The maximum atomic E-state index is 10.9. The van der Waals surface area contributed by atoms with Crippen molar-refractivity contribution in [2.24, 2.45) is 5.84 Å². The number of phenols is 1. The summed E-state index contributed by atoms with van der Waals surface area (Å²) in [6, 6.07) is 6.72. The predicted molar refractivity (Wildman–Crippen MR) is 76.8 cm³/mol. The minimum atomic E-state index is -0.566. The van der Waals surface area contributed by atoms with Gasteiger partial charge in [0.25, 0.3) is 0 Å². The van der Waals surface area contributed by atoms with E-state index >= 15 is 0 Å². The van der Waals surface area contributed by atoms with Crippen LogP contribution in [0.2, 0.25) is 0 Å². The topological polar surface area (TPSA) is 139 Å². The Labute approximate surface area is 120 Å². The molecule has 0 radical (unpaired) electrons. The summed E-state index contributed by atoms with van der Waals surface area (Å²) in [7, 11) is 0. The molecule has 1 aromatic carbocycles. The van der Waals surface area contributed by atoms with Crippen molar-refractivity contribution < 1.29 is 10.0 Å². The molecule has 1 heterocycles. The molecular weight excluding hydrogens is 276 g/mol. The van der Waals surface area contributed by atoms with Crippen molar-refractivity contribution in [3.8, 4) is 5.75 Å². The smallest absolute Gasteiger partial charge is 0.329 e. The lowest BCUT2D eigenvalue weighted by atomic mass is 10.1. The third-order valence-electron chi connectivity index (χ3n) is 2.74. The average molecular weight is 290 g/mol. The molecule has 0 amide bonds. The zero-order chi connectivity index (χ0) is 15.2. The summed E-state index contributed by atoms with van der Waals surface area (Å²) in [5, 5.41) is 23.0. The molecule has 0 saturated carbocycles. The fourth-order valence-electron chi connectivity index (χ4n) is 1.70. The first-order valence-corrected chi connectivity index (χ1v) is 6.10. The van der Waals surface area contributed by atoms with Crippen molar-refractivity contribution in [1.29, 1.82) is 0 Å². The first-order chi connectivity index (χ1) is 10.1. The summed E-state index contributed by atoms with van der Waals surface area (Å²) in [4.78, 5) is 17.9. The molecule has 0 aliphatic heterocycles. The highest BCUT2D eigenvalue weighted by atomic mass is 16.6. The monoisotopic (exact) mass is 290 g/mol. The number of nitrogens with zero attached hydrogens (tertiary/aromatic N) is 3. The van der Waals surface area contributed by atoms with Gasteiger partial charge < -0.3 is 10.4 Å². The van der Waals surface area contributed by atoms with Crippen molar-refractivity contribution in [1.82, 2.24) is 9.97 Å². The van der Waals surface area contributed by atoms with E-state index in [0.717, 1.165) is 11.8 Å². The third kappa shape index (κ3) is 3.76. The van der Waals surface area contributed by atoms with Crippen molar-refractivity contribution in [2.75, 3.05) is 17.3 Å². The van der Waals surface area contributed by atoms with Crippen LogP contribution >= 0.6 is 0 Å². The van der Waals surface area contributed by atoms with E-state index in [4.69, 9.17) is 5.84 Å². The Bertz CT molecular complexity index is 631. The molecule has 21 heavy (non-hydrogen) atoms. The highest BCUT2D eigenvalue weighted by Gasteiger charge is 2.16. The van der Waals surface area contributed by atoms with Crippen LogP contribution in [0.25, 0.3) is 0 Å². The molecule has 0 aliphatic rings. The number of hydrogen-bond donors (Lipinski definition) is 4. The summed E-state index contributed by atoms with van der Waals surface area (Å²) in [6.45, 7) is 0.437. The first kappa shape index (κ1) is 14.5. The Morgan fingerprint density at radius 3 is 2.67 bits per heavy atom. The van der Waals surface area contributed by atoms with E-state index in [9.17, 15) is 15.2 Å². The molecular formula is C12H14N6O3. The maximum absolute atomic E-state index is 10.9. The molecule has 9 heteroatoms. The van der Waals surface area contributed by atoms with Gasteiger partial charge in [0.2, 0.25) is 11.8 Å². The molecule has 0 atom stereocenters. The number of phenolic OH excluding ortho intramolecular Hbond substituents is 1. The molecule has 0 bridgehead atoms. The van der Waals surface area contributed by atoms with Crippen LogP contribution in [-0.2, 0) is 6.42 Å². The van der Waals surface area contributed by atoms with Gasteiger partial charge in [0, 0.05) is 6.54 Å². The fraction of sp³-hybridized carbons (Fsp3) is 0.167. The Kier molecular flexibility index (Phi) is 4.46. The second kappa shape index (κ2) is 6.48. The standard InChI is InChI=1S/C12H14N6O3/c13-17-12-15-7-10(18(20)21)11(16-12)14-6-5-8-1-3-9(19)4-2-8/h1-4,7,19H,5-6,13H2,(H2,14,15,16,17). The van der Waals surface area contributed by atoms with Gasteiger partial charge in [-0.1, -0.05) is 12.1 Å². The van der Waals surface area contributed by atoms with Gasteiger partial charge in [-0.25, -0.2) is 10.8 Å². The summed E-state index contributed by atoms with van der Waals surface area (Å²) >= 11 is 0. The van der Waals surface area contributed by atoms with Gasteiger partial charge in [0.1, 0.15) is 11.9 Å². The summed E-state index contributed by atoms with van der Waals surface area (Å²) < 4.78 is 0. The maximum Gasteiger partial charge on any atom is 0.329 e. The number of nitrogens with one attached hydrogen (secondary N) is 2. The number of hydrogen-bond acceptors (Lipinski definition) is 8. The summed E-state index contributed by atoms with van der Waals surface area (Å²) in [5.74, 6) is 5.56. The largest absolute Gasteiger partial charge is 0.508 e. The van der Waals surface area contributed by atoms with E-state index in [1.54, 1.807) is 24.3 Å². The van der Waals surface area contributed by atoms with E-state index in [1.165, 1.54) is 0 Å². The summed E-state index contributed by atoms with van der Waals surface area (Å²) in [5.41, 5.74) is 2.99. The minimum Gasteiger partial charge on any atom is -0.508 e. The number of nitro groups is 1. The van der Waals surface area contributed by atoms with Crippen LogP contribution < -0.4 is 16.6 Å².